The van der Waals surface area contributed by atoms with E-state index < -0.39 is 0 Å². The van der Waals surface area contributed by atoms with Gasteiger partial charge in [0.25, 0.3) is 5.56 Å². The molecule has 0 N–H and O–H groups in total. The maximum absolute atomic E-state index is 13.2. The van der Waals surface area contributed by atoms with Crippen molar-refractivity contribution in [1.29, 1.82) is 0 Å². The fraction of sp³-hybridized carbons (Fsp3) is 0.591. The molecule has 0 fully saturated rings. The summed E-state index contributed by atoms with van der Waals surface area (Å²) in [5.41, 5.74) is 0.600. The third-order valence-electron chi connectivity index (χ3n) is 5.01. The van der Waals surface area contributed by atoms with Crippen LogP contribution in [0.5, 0.6) is 0 Å². The molecule has 6 nitrogen and oxygen atoms in total. The molecule has 0 aliphatic heterocycles. The molecule has 2 aromatic rings. The molecule has 2 rings (SSSR count). The summed E-state index contributed by atoms with van der Waals surface area (Å²) >= 11 is 0. The zero-order valence-electron chi connectivity index (χ0n) is 17.6. The Morgan fingerprint density at radius 3 is 2.61 bits per heavy atom. The largest absolute Gasteiger partial charge is 0.383 e. The number of benzene rings is 1. The van der Waals surface area contributed by atoms with Crippen LogP contribution in [0.3, 0.4) is 0 Å². The highest BCUT2D eigenvalue weighted by molar-refractivity contribution is 5.78. The van der Waals surface area contributed by atoms with Crippen LogP contribution in [0.1, 0.15) is 64.7 Å². The summed E-state index contributed by atoms with van der Waals surface area (Å²) in [4.78, 5) is 32.8. The molecule has 0 bridgehead atoms. The van der Waals surface area contributed by atoms with Crippen molar-refractivity contribution in [3.63, 3.8) is 0 Å². The van der Waals surface area contributed by atoms with Gasteiger partial charge in [0.2, 0.25) is 5.91 Å². The van der Waals surface area contributed by atoms with Crippen molar-refractivity contribution >= 4 is 16.8 Å². The number of nitrogens with zero attached hydrogens (tertiary/aromatic N) is 3. The number of amides is 1. The molecule has 154 valence electrons. The maximum Gasteiger partial charge on any atom is 0.261 e. The molecular formula is C22H33N3O3. The van der Waals surface area contributed by atoms with Crippen molar-refractivity contribution < 1.29 is 9.53 Å². The average molecular weight is 388 g/mol. The summed E-state index contributed by atoms with van der Waals surface area (Å²) < 4.78 is 6.92. The lowest BCUT2D eigenvalue weighted by Gasteiger charge is -2.32. The number of aromatic nitrogens is 2. The SMILES string of the molecule is CCCCN(C(=O)CCC)C(CC)c1nc2ccccc2c(=O)n1CCOC. The Hall–Kier alpha value is -2.21. The molecule has 1 aromatic heterocycles. The zero-order valence-corrected chi connectivity index (χ0v) is 17.6. The quantitative estimate of drug-likeness (QED) is 0.586. The predicted octanol–water partition coefficient (Wildman–Crippen LogP) is 3.92. The van der Waals surface area contributed by atoms with E-state index in [1.54, 1.807) is 17.7 Å². The van der Waals surface area contributed by atoms with Crippen LogP contribution in [-0.2, 0) is 16.1 Å². The first-order valence-corrected chi connectivity index (χ1v) is 10.4. The zero-order chi connectivity index (χ0) is 20.5. The van der Waals surface area contributed by atoms with E-state index in [1.165, 1.54) is 0 Å². The van der Waals surface area contributed by atoms with Gasteiger partial charge in [-0.25, -0.2) is 4.98 Å². The van der Waals surface area contributed by atoms with Gasteiger partial charge in [0.1, 0.15) is 5.82 Å². The van der Waals surface area contributed by atoms with Crippen LogP contribution >= 0.6 is 0 Å². The Labute approximate surface area is 167 Å². The number of unbranched alkanes of at least 4 members (excludes halogenated alkanes) is 1. The van der Waals surface area contributed by atoms with Gasteiger partial charge in [-0.15, -0.1) is 0 Å². The summed E-state index contributed by atoms with van der Waals surface area (Å²) in [6, 6.07) is 7.17. The number of hydrogen-bond donors (Lipinski definition) is 0. The molecule has 1 atom stereocenters. The highest BCUT2D eigenvalue weighted by Gasteiger charge is 2.27. The first kappa shape index (κ1) is 22.1. The average Bonchev–Trinajstić information content (AvgIpc) is 2.70. The number of methoxy groups -OCH3 is 1. The van der Waals surface area contributed by atoms with Crippen LogP contribution in [0.15, 0.2) is 29.1 Å². The summed E-state index contributed by atoms with van der Waals surface area (Å²) in [6.45, 7) is 7.70. The highest BCUT2D eigenvalue weighted by atomic mass is 16.5. The number of carbonyl (C=O) groups excluding carboxylic acids is 1. The van der Waals surface area contributed by atoms with E-state index >= 15 is 0 Å². The van der Waals surface area contributed by atoms with E-state index in [2.05, 4.69) is 6.92 Å². The highest BCUT2D eigenvalue weighted by Crippen LogP contribution is 2.25. The van der Waals surface area contributed by atoms with Crippen molar-refractivity contribution in [3.8, 4) is 0 Å². The van der Waals surface area contributed by atoms with Crippen LogP contribution in [-0.4, -0.2) is 40.6 Å². The normalized spacial score (nSPS) is 12.3. The summed E-state index contributed by atoms with van der Waals surface area (Å²) in [7, 11) is 1.62. The first-order chi connectivity index (χ1) is 13.6. The molecule has 1 amide bonds. The molecule has 1 heterocycles. The third-order valence-corrected chi connectivity index (χ3v) is 5.01. The van der Waals surface area contributed by atoms with E-state index in [-0.39, 0.29) is 17.5 Å². The molecule has 6 heteroatoms. The number of para-hydroxylation sites is 1. The molecule has 0 spiro atoms. The minimum absolute atomic E-state index is 0.0746. The molecule has 1 aromatic carbocycles. The van der Waals surface area contributed by atoms with E-state index in [0.29, 0.717) is 49.3 Å². The minimum atomic E-state index is -0.222. The van der Waals surface area contributed by atoms with Gasteiger partial charge < -0.3 is 9.64 Å². The van der Waals surface area contributed by atoms with Crippen molar-refractivity contribution in [3.05, 3.63) is 40.4 Å². The summed E-state index contributed by atoms with van der Waals surface area (Å²) in [6.07, 6.45) is 3.96. The van der Waals surface area contributed by atoms with Crippen molar-refractivity contribution in [2.75, 3.05) is 20.3 Å². The number of hydrogen-bond acceptors (Lipinski definition) is 4. The van der Waals surface area contributed by atoms with E-state index in [9.17, 15) is 9.59 Å². The summed E-state index contributed by atoms with van der Waals surface area (Å²) in [5, 5.41) is 0.595. The Morgan fingerprint density at radius 2 is 1.96 bits per heavy atom. The van der Waals surface area contributed by atoms with E-state index in [1.807, 2.05) is 36.9 Å². The topological polar surface area (TPSA) is 64.4 Å². The molecule has 0 saturated heterocycles. The van der Waals surface area contributed by atoms with Crippen molar-refractivity contribution in [2.24, 2.45) is 0 Å². The van der Waals surface area contributed by atoms with Crippen LogP contribution < -0.4 is 5.56 Å². The number of ether oxygens (including phenoxy) is 1. The molecular weight excluding hydrogens is 354 g/mol. The molecule has 0 radical (unpaired) electrons. The van der Waals surface area contributed by atoms with Gasteiger partial charge in [0.15, 0.2) is 0 Å². The standard InChI is InChI=1S/C22H33N3O3/c1-5-8-14-24(20(26)11-6-2)19(7-3)21-23-18-13-10-9-12-17(18)22(27)25(21)15-16-28-4/h9-10,12-13,19H,5-8,11,14-16H2,1-4H3. The molecule has 1 unspecified atom stereocenters. The second-order valence-electron chi connectivity index (χ2n) is 7.05. The second kappa shape index (κ2) is 11.0. The predicted molar refractivity (Wildman–Crippen MR) is 112 cm³/mol. The first-order valence-electron chi connectivity index (χ1n) is 10.4. The second-order valence-corrected chi connectivity index (χ2v) is 7.05. The monoisotopic (exact) mass is 387 g/mol. The van der Waals surface area contributed by atoms with Crippen LogP contribution in [0.2, 0.25) is 0 Å². The lowest BCUT2D eigenvalue weighted by Crippen LogP contribution is -2.39. The molecule has 28 heavy (non-hydrogen) atoms. The minimum Gasteiger partial charge on any atom is -0.383 e. The van der Waals surface area contributed by atoms with E-state index in [4.69, 9.17) is 9.72 Å². The van der Waals surface area contributed by atoms with Gasteiger partial charge in [-0.2, -0.15) is 0 Å². The van der Waals surface area contributed by atoms with Gasteiger partial charge in [-0.3, -0.25) is 14.2 Å². The van der Waals surface area contributed by atoms with Gasteiger partial charge >= 0.3 is 0 Å². The Kier molecular flexibility index (Phi) is 8.64. The summed E-state index contributed by atoms with van der Waals surface area (Å²) in [5.74, 6) is 0.785. The lowest BCUT2D eigenvalue weighted by molar-refractivity contribution is -0.134. The fourth-order valence-corrected chi connectivity index (χ4v) is 3.52. The third kappa shape index (κ3) is 4.98. The number of rotatable bonds is 11. The van der Waals surface area contributed by atoms with Crippen LogP contribution in [0.25, 0.3) is 10.9 Å². The molecule has 0 aliphatic carbocycles. The Bertz CT molecular complexity index is 831. The molecule has 0 aliphatic rings. The smallest absolute Gasteiger partial charge is 0.261 e. The Balaban J connectivity index is 2.61. The van der Waals surface area contributed by atoms with E-state index in [0.717, 1.165) is 19.3 Å². The van der Waals surface area contributed by atoms with Crippen molar-refractivity contribution in [2.45, 2.75) is 65.5 Å². The van der Waals surface area contributed by atoms with Gasteiger partial charge in [0.05, 0.1) is 30.1 Å². The molecule has 0 saturated carbocycles. The lowest BCUT2D eigenvalue weighted by atomic mass is 10.1. The van der Waals surface area contributed by atoms with Gasteiger partial charge in [-0.05, 0) is 31.4 Å². The maximum atomic E-state index is 13.2. The fourth-order valence-electron chi connectivity index (χ4n) is 3.52. The van der Waals surface area contributed by atoms with Crippen LogP contribution in [0.4, 0.5) is 0 Å². The van der Waals surface area contributed by atoms with Gasteiger partial charge in [-0.1, -0.05) is 39.3 Å². The van der Waals surface area contributed by atoms with Gasteiger partial charge in [0, 0.05) is 20.1 Å². The number of fused-ring (bicyclic) bond motifs is 1. The number of carbonyl (C=O) groups is 1. The van der Waals surface area contributed by atoms with Crippen LogP contribution in [0, 0.1) is 0 Å². The van der Waals surface area contributed by atoms with Crippen molar-refractivity contribution in [1.82, 2.24) is 14.5 Å². The Morgan fingerprint density at radius 1 is 1.21 bits per heavy atom.